The second kappa shape index (κ2) is 10.6. The van der Waals surface area contributed by atoms with Gasteiger partial charge in [-0.2, -0.15) is 5.10 Å². The number of carbonyl (C=O) groups excluding carboxylic acids is 2. The SMILES string of the molecule is Cc1nn(-c2ccccc2)c(C)c1CNC(=O)CC(NC(=O)c1ccccc1)c1ccccc1. The van der Waals surface area contributed by atoms with Gasteiger partial charge in [0.05, 0.1) is 23.8 Å². The van der Waals surface area contributed by atoms with Crippen LogP contribution in [0.1, 0.15) is 45.3 Å². The second-order valence-corrected chi connectivity index (χ2v) is 8.18. The number of benzene rings is 3. The van der Waals surface area contributed by atoms with Crippen LogP contribution in [0.25, 0.3) is 5.69 Å². The van der Waals surface area contributed by atoms with E-state index < -0.39 is 6.04 Å². The van der Waals surface area contributed by atoms with Crippen LogP contribution in [0.4, 0.5) is 0 Å². The average molecular weight is 453 g/mol. The molecule has 0 spiro atoms. The van der Waals surface area contributed by atoms with E-state index in [9.17, 15) is 9.59 Å². The lowest BCUT2D eigenvalue weighted by Crippen LogP contribution is -2.33. The Labute approximate surface area is 199 Å². The molecule has 2 amide bonds. The molecule has 3 aromatic carbocycles. The van der Waals surface area contributed by atoms with Gasteiger partial charge in [-0.25, -0.2) is 4.68 Å². The minimum atomic E-state index is -0.442. The van der Waals surface area contributed by atoms with Gasteiger partial charge in [-0.3, -0.25) is 9.59 Å². The van der Waals surface area contributed by atoms with Crippen LogP contribution in [0.2, 0.25) is 0 Å². The van der Waals surface area contributed by atoms with E-state index in [4.69, 9.17) is 0 Å². The van der Waals surface area contributed by atoms with Crippen molar-refractivity contribution in [2.75, 3.05) is 0 Å². The molecular weight excluding hydrogens is 424 g/mol. The predicted molar refractivity (Wildman–Crippen MR) is 133 cm³/mol. The highest BCUT2D eigenvalue weighted by atomic mass is 16.2. The largest absolute Gasteiger partial charge is 0.352 e. The molecule has 1 aromatic heterocycles. The first-order chi connectivity index (χ1) is 16.5. The van der Waals surface area contributed by atoms with Gasteiger partial charge in [-0.05, 0) is 43.7 Å². The number of nitrogens with one attached hydrogen (secondary N) is 2. The molecule has 1 unspecified atom stereocenters. The van der Waals surface area contributed by atoms with E-state index in [1.165, 1.54) is 0 Å². The van der Waals surface area contributed by atoms with Crippen LogP contribution in [0.5, 0.6) is 0 Å². The highest BCUT2D eigenvalue weighted by molar-refractivity contribution is 5.94. The lowest BCUT2D eigenvalue weighted by atomic mass is 10.0. The van der Waals surface area contributed by atoms with Crippen LogP contribution in [-0.2, 0) is 11.3 Å². The van der Waals surface area contributed by atoms with Crippen LogP contribution in [-0.4, -0.2) is 21.6 Å². The van der Waals surface area contributed by atoms with Gasteiger partial charge in [-0.1, -0.05) is 66.7 Å². The number of amides is 2. The summed E-state index contributed by atoms with van der Waals surface area (Å²) in [6.07, 6.45) is 0.132. The molecule has 6 nitrogen and oxygen atoms in total. The standard InChI is InChI=1S/C28H28N4O2/c1-20-25(21(2)32(31-20)24-16-10-5-11-17-24)19-29-27(33)18-26(22-12-6-3-7-13-22)30-28(34)23-14-8-4-9-15-23/h3-17,26H,18-19H2,1-2H3,(H,29,33)(H,30,34). The molecule has 4 aromatic rings. The molecule has 0 bridgehead atoms. The van der Waals surface area contributed by atoms with Crippen LogP contribution in [0, 0.1) is 13.8 Å². The third kappa shape index (κ3) is 5.41. The summed E-state index contributed by atoms with van der Waals surface area (Å²) >= 11 is 0. The zero-order valence-electron chi connectivity index (χ0n) is 19.4. The Morgan fingerprint density at radius 2 is 1.44 bits per heavy atom. The number of nitrogens with zero attached hydrogens (tertiary/aromatic N) is 2. The predicted octanol–water partition coefficient (Wildman–Crippen LogP) is 4.67. The first-order valence-corrected chi connectivity index (χ1v) is 11.3. The molecule has 0 aliphatic heterocycles. The van der Waals surface area contributed by atoms with Crippen LogP contribution < -0.4 is 10.6 Å². The summed E-state index contributed by atoms with van der Waals surface area (Å²) < 4.78 is 1.89. The number of carbonyl (C=O) groups is 2. The van der Waals surface area contributed by atoms with E-state index in [0.717, 1.165) is 28.2 Å². The zero-order valence-corrected chi connectivity index (χ0v) is 19.4. The Morgan fingerprint density at radius 3 is 2.09 bits per heavy atom. The van der Waals surface area contributed by atoms with E-state index in [1.54, 1.807) is 12.1 Å². The number of hydrogen-bond acceptors (Lipinski definition) is 3. The number of aromatic nitrogens is 2. The fraction of sp³-hybridized carbons (Fsp3) is 0.179. The third-order valence-corrected chi connectivity index (χ3v) is 5.84. The Morgan fingerprint density at radius 1 is 0.853 bits per heavy atom. The van der Waals surface area contributed by atoms with Gasteiger partial charge in [0.1, 0.15) is 0 Å². The van der Waals surface area contributed by atoms with Crippen LogP contribution >= 0.6 is 0 Å². The zero-order chi connectivity index (χ0) is 23.9. The molecule has 34 heavy (non-hydrogen) atoms. The van der Waals surface area contributed by atoms with Gasteiger partial charge in [0.15, 0.2) is 0 Å². The number of para-hydroxylation sites is 1. The molecule has 2 N–H and O–H groups in total. The summed E-state index contributed by atoms with van der Waals surface area (Å²) in [7, 11) is 0. The fourth-order valence-corrected chi connectivity index (χ4v) is 3.96. The van der Waals surface area contributed by atoms with Gasteiger partial charge >= 0.3 is 0 Å². The van der Waals surface area contributed by atoms with Crippen molar-refractivity contribution in [1.29, 1.82) is 0 Å². The van der Waals surface area contributed by atoms with Crippen molar-refractivity contribution in [1.82, 2.24) is 20.4 Å². The van der Waals surface area contributed by atoms with Gasteiger partial charge < -0.3 is 10.6 Å². The molecule has 4 rings (SSSR count). The van der Waals surface area contributed by atoms with E-state index >= 15 is 0 Å². The Balaban J connectivity index is 1.45. The quantitative estimate of drug-likeness (QED) is 0.408. The fourth-order valence-electron chi connectivity index (χ4n) is 3.96. The van der Waals surface area contributed by atoms with Crippen molar-refractivity contribution in [3.63, 3.8) is 0 Å². The van der Waals surface area contributed by atoms with E-state index in [0.29, 0.717) is 12.1 Å². The van der Waals surface area contributed by atoms with E-state index in [2.05, 4.69) is 15.7 Å². The molecule has 172 valence electrons. The molecule has 1 atom stereocenters. The second-order valence-electron chi connectivity index (χ2n) is 8.18. The normalized spacial score (nSPS) is 11.6. The van der Waals surface area contributed by atoms with Crippen molar-refractivity contribution >= 4 is 11.8 Å². The van der Waals surface area contributed by atoms with Gasteiger partial charge in [0.2, 0.25) is 5.91 Å². The highest BCUT2D eigenvalue weighted by Gasteiger charge is 2.20. The number of aryl methyl sites for hydroxylation is 1. The maximum Gasteiger partial charge on any atom is 0.251 e. The Kier molecular flexibility index (Phi) is 7.18. The van der Waals surface area contributed by atoms with Crippen molar-refractivity contribution in [2.24, 2.45) is 0 Å². The van der Waals surface area contributed by atoms with E-state index in [-0.39, 0.29) is 18.2 Å². The Bertz CT molecular complexity index is 1250. The molecule has 0 aliphatic carbocycles. The summed E-state index contributed by atoms with van der Waals surface area (Å²) in [6.45, 7) is 4.32. The van der Waals surface area contributed by atoms with Gasteiger partial charge in [0.25, 0.3) is 5.91 Å². The molecule has 6 heteroatoms. The van der Waals surface area contributed by atoms with Crippen molar-refractivity contribution in [2.45, 2.75) is 32.9 Å². The molecule has 0 aliphatic rings. The molecular formula is C28H28N4O2. The summed E-state index contributed by atoms with van der Waals surface area (Å²) in [5.41, 5.74) is 5.27. The Hall–Kier alpha value is -4.19. The molecule has 1 heterocycles. The summed E-state index contributed by atoms with van der Waals surface area (Å²) in [5.74, 6) is -0.355. The van der Waals surface area contributed by atoms with Crippen LogP contribution in [0.15, 0.2) is 91.0 Å². The summed E-state index contributed by atoms with van der Waals surface area (Å²) in [4.78, 5) is 25.7. The average Bonchev–Trinajstić information content (AvgIpc) is 3.16. The van der Waals surface area contributed by atoms with Crippen LogP contribution in [0.3, 0.4) is 0 Å². The maximum absolute atomic E-state index is 12.9. The van der Waals surface area contributed by atoms with Crippen molar-refractivity contribution in [3.8, 4) is 5.69 Å². The minimum absolute atomic E-state index is 0.132. The summed E-state index contributed by atoms with van der Waals surface area (Å²) in [6, 6.07) is 28.0. The molecule has 0 saturated heterocycles. The first kappa shape index (κ1) is 23.0. The maximum atomic E-state index is 12.9. The molecule has 0 radical (unpaired) electrons. The highest BCUT2D eigenvalue weighted by Crippen LogP contribution is 2.20. The number of rotatable bonds is 8. The monoisotopic (exact) mass is 452 g/mol. The first-order valence-electron chi connectivity index (χ1n) is 11.3. The van der Waals surface area contributed by atoms with Gasteiger partial charge in [-0.15, -0.1) is 0 Å². The lowest BCUT2D eigenvalue weighted by Gasteiger charge is -2.19. The smallest absolute Gasteiger partial charge is 0.251 e. The summed E-state index contributed by atoms with van der Waals surface area (Å²) in [5, 5.41) is 10.7. The third-order valence-electron chi connectivity index (χ3n) is 5.84. The molecule has 0 saturated carbocycles. The van der Waals surface area contributed by atoms with Crippen molar-refractivity contribution in [3.05, 3.63) is 119 Å². The van der Waals surface area contributed by atoms with E-state index in [1.807, 2.05) is 97.4 Å². The topological polar surface area (TPSA) is 76.0 Å². The van der Waals surface area contributed by atoms with Gasteiger partial charge in [0, 0.05) is 23.4 Å². The lowest BCUT2D eigenvalue weighted by molar-refractivity contribution is -0.121. The minimum Gasteiger partial charge on any atom is -0.352 e. The van der Waals surface area contributed by atoms with Crippen molar-refractivity contribution < 1.29 is 9.59 Å². The number of hydrogen-bond donors (Lipinski definition) is 2. The molecule has 0 fully saturated rings.